The Morgan fingerprint density at radius 2 is 1.90 bits per heavy atom. The largest absolute Gasteiger partial charge is 0.465 e. The van der Waals surface area contributed by atoms with E-state index in [9.17, 15) is 9.59 Å². The van der Waals surface area contributed by atoms with Gasteiger partial charge in [0.05, 0.1) is 17.0 Å². The summed E-state index contributed by atoms with van der Waals surface area (Å²) in [6.45, 7) is 0. The molecular formula is C15H12ClNO3S. The van der Waals surface area contributed by atoms with Gasteiger partial charge in [-0.15, -0.1) is 11.3 Å². The van der Waals surface area contributed by atoms with E-state index in [1.165, 1.54) is 24.5 Å². The Morgan fingerprint density at radius 1 is 1.19 bits per heavy atom. The molecule has 0 saturated carbocycles. The Bertz CT molecular complexity index is 676. The molecule has 108 valence electrons. The van der Waals surface area contributed by atoms with Gasteiger partial charge in [0.2, 0.25) is 5.91 Å². The van der Waals surface area contributed by atoms with Crippen LogP contribution in [0, 0.1) is 0 Å². The number of carbonyl (C=O) groups excluding carboxylic acids is 2. The van der Waals surface area contributed by atoms with Gasteiger partial charge in [-0.1, -0.05) is 11.6 Å². The minimum Gasteiger partial charge on any atom is -0.465 e. The van der Waals surface area contributed by atoms with Crippen LogP contribution in [0.25, 0.3) is 6.08 Å². The number of hydrogen-bond acceptors (Lipinski definition) is 4. The molecule has 1 aromatic heterocycles. The quantitative estimate of drug-likeness (QED) is 0.687. The van der Waals surface area contributed by atoms with Gasteiger partial charge in [0, 0.05) is 16.6 Å². The smallest absolute Gasteiger partial charge is 0.337 e. The van der Waals surface area contributed by atoms with Crippen molar-refractivity contribution in [1.29, 1.82) is 0 Å². The highest BCUT2D eigenvalue weighted by atomic mass is 35.5. The normalized spacial score (nSPS) is 10.6. The molecule has 0 fully saturated rings. The lowest BCUT2D eigenvalue weighted by Gasteiger charge is -2.03. The van der Waals surface area contributed by atoms with Gasteiger partial charge in [0.25, 0.3) is 0 Å². The molecule has 0 bridgehead atoms. The molecule has 0 spiro atoms. The number of ether oxygens (including phenoxy) is 1. The third kappa shape index (κ3) is 4.44. The molecule has 0 radical (unpaired) electrons. The fraction of sp³-hybridized carbons (Fsp3) is 0.0667. The molecule has 1 heterocycles. The van der Waals surface area contributed by atoms with Crippen LogP contribution < -0.4 is 5.32 Å². The second-order valence-corrected chi connectivity index (χ2v) is 5.78. The minimum absolute atomic E-state index is 0.259. The van der Waals surface area contributed by atoms with Crippen LogP contribution in [-0.4, -0.2) is 19.0 Å². The molecule has 21 heavy (non-hydrogen) atoms. The van der Waals surface area contributed by atoms with Gasteiger partial charge < -0.3 is 10.1 Å². The minimum atomic E-state index is -0.414. The number of nitrogens with one attached hydrogen (secondary N) is 1. The molecular weight excluding hydrogens is 310 g/mol. The zero-order valence-corrected chi connectivity index (χ0v) is 12.7. The lowest BCUT2D eigenvalue weighted by molar-refractivity contribution is -0.111. The zero-order valence-electron chi connectivity index (χ0n) is 11.1. The number of hydrogen-bond donors (Lipinski definition) is 1. The Labute approximate surface area is 131 Å². The second kappa shape index (κ2) is 7.06. The fourth-order valence-corrected chi connectivity index (χ4v) is 2.53. The molecule has 1 aromatic carbocycles. The van der Waals surface area contributed by atoms with Crippen molar-refractivity contribution in [2.24, 2.45) is 0 Å². The number of thiophene rings is 1. The number of carbonyl (C=O) groups is 2. The van der Waals surface area contributed by atoms with E-state index in [4.69, 9.17) is 11.6 Å². The van der Waals surface area contributed by atoms with E-state index in [0.717, 1.165) is 4.88 Å². The first-order chi connectivity index (χ1) is 10.1. The standard InChI is InChI=1S/C15H12ClNO3S/c1-20-15(19)10-2-4-11(5-3-10)17-14(18)9-7-12-6-8-13(16)21-12/h2-9H,1H3,(H,17,18)/b9-7+. The van der Waals surface area contributed by atoms with Crippen molar-refractivity contribution in [3.8, 4) is 0 Å². The van der Waals surface area contributed by atoms with Gasteiger partial charge in [-0.3, -0.25) is 4.79 Å². The van der Waals surface area contributed by atoms with Crippen LogP contribution in [0.4, 0.5) is 5.69 Å². The summed E-state index contributed by atoms with van der Waals surface area (Å²) in [5.74, 6) is -0.673. The van der Waals surface area contributed by atoms with Crippen LogP contribution in [-0.2, 0) is 9.53 Å². The Kier molecular flexibility index (Phi) is 5.14. The maximum Gasteiger partial charge on any atom is 0.337 e. The summed E-state index contributed by atoms with van der Waals surface area (Å²) in [4.78, 5) is 23.9. The predicted octanol–water partition coefficient (Wildman–Crippen LogP) is 3.84. The van der Waals surface area contributed by atoms with E-state index in [0.29, 0.717) is 15.6 Å². The molecule has 1 amide bonds. The monoisotopic (exact) mass is 321 g/mol. The van der Waals surface area contributed by atoms with E-state index < -0.39 is 5.97 Å². The van der Waals surface area contributed by atoms with Crippen LogP contribution in [0.15, 0.2) is 42.5 Å². The average Bonchev–Trinajstić information content (AvgIpc) is 2.91. The van der Waals surface area contributed by atoms with Crippen LogP contribution >= 0.6 is 22.9 Å². The number of methoxy groups -OCH3 is 1. The zero-order chi connectivity index (χ0) is 15.2. The lowest BCUT2D eigenvalue weighted by Crippen LogP contribution is -2.08. The van der Waals surface area contributed by atoms with Crippen molar-refractivity contribution in [3.63, 3.8) is 0 Å². The molecule has 0 aliphatic rings. The maximum absolute atomic E-state index is 11.7. The lowest BCUT2D eigenvalue weighted by atomic mass is 10.2. The molecule has 0 atom stereocenters. The summed E-state index contributed by atoms with van der Waals surface area (Å²) in [5.41, 5.74) is 1.03. The van der Waals surface area contributed by atoms with Crippen LogP contribution in [0.5, 0.6) is 0 Å². The van der Waals surface area contributed by atoms with Gasteiger partial charge in [-0.25, -0.2) is 4.79 Å². The first-order valence-corrected chi connectivity index (χ1v) is 7.21. The fourth-order valence-electron chi connectivity index (χ4n) is 1.57. The summed E-state index contributed by atoms with van der Waals surface area (Å²) >= 11 is 7.20. The number of rotatable bonds is 4. The molecule has 0 unspecified atom stereocenters. The van der Waals surface area contributed by atoms with Crippen molar-refractivity contribution < 1.29 is 14.3 Å². The second-order valence-electron chi connectivity index (χ2n) is 4.03. The van der Waals surface area contributed by atoms with E-state index in [1.807, 2.05) is 6.07 Å². The molecule has 6 heteroatoms. The summed E-state index contributed by atoms with van der Waals surface area (Å²) < 4.78 is 5.27. The molecule has 2 aromatic rings. The number of anilines is 1. The highest BCUT2D eigenvalue weighted by molar-refractivity contribution is 7.17. The van der Waals surface area contributed by atoms with Crippen LogP contribution in [0.1, 0.15) is 15.2 Å². The summed E-state index contributed by atoms with van der Waals surface area (Å²) in [6.07, 6.45) is 3.12. The van der Waals surface area contributed by atoms with Crippen LogP contribution in [0.2, 0.25) is 4.34 Å². The van der Waals surface area contributed by atoms with Gasteiger partial charge in [-0.05, 0) is 42.5 Å². The van der Waals surface area contributed by atoms with Gasteiger partial charge in [0.15, 0.2) is 0 Å². The van der Waals surface area contributed by atoms with Crippen molar-refractivity contribution in [2.45, 2.75) is 0 Å². The highest BCUT2D eigenvalue weighted by Crippen LogP contribution is 2.22. The SMILES string of the molecule is COC(=O)c1ccc(NC(=O)/C=C/c2ccc(Cl)s2)cc1. The van der Waals surface area contributed by atoms with Crippen molar-refractivity contribution in [1.82, 2.24) is 0 Å². The molecule has 0 saturated heterocycles. The van der Waals surface area contributed by atoms with E-state index >= 15 is 0 Å². The molecule has 1 N–H and O–H groups in total. The first kappa shape index (κ1) is 15.3. The van der Waals surface area contributed by atoms with E-state index in [2.05, 4.69) is 10.1 Å². The van der Waals surface area contributed by atoms with E-state index in [-0.39, 0.29) is 5.91 Å². The van der Waals surface area contributed by atoms with Gasteiger partial charge >= 0.3 is 5.97 Å². The third-order valence-electron chi connectivity index (χ3n) is 2.57. The number of benzene rings is 1. The molecule has 2 rings (SSSR count). The van der Waals surface area contributed by atoms with Crippen molar-refractivity contribution >= 4 is 46.6 Å². The first-order valence-electron chi connectivity index (χ1n) is 6.01. The molecule has 0 aliphatic heterocycles. The Hall–Kier alpha value is -2.11. The topological polar surface area (TPSA) is 55.4 Å². The predicted molar refractivity (Wildman–Crippen MR) is 84.8 cm³/mol. The summed E-state index contributed by atoms with van der Waals surface area (Å²) in [6, 6.07) is 10.1. The van der Waals surface area contributed by atoms with Crippen molar-refractivity contribution in [2.75, 3.05) is 12.4 Å². The Balaban J connectivity index is 1.96. The maximum atomic E-state index is 11.7. The van der Waals surface area contributed by atoms with Crippen LogP contribution in [0.3, 0.4) is 0 Å². The average molecular weight is 322 g/mol. The molecule has 4 nitrogen and oxygen atoms in total. The number of esters is 1. The summed E-state index contributed by atoms with van der Waals surface area (Å²) in [5, 5.41) is 2.70. The highest BCUT2D eigenvalue weighted by Gasteiger charge is 2.05. The summed E-state index contributed by atoms with van der Waals surface area (Å²) in [7, 11) is 1.32. The van der Waals surface area contributed by atoms with E-state index in [1.54, 1.807) is 36.4 Å². The van der Waals surface area contributed by atoms with Crippen molar-refractivity contribution in [3.05, 3.63) is 57.3 Å². The Morgan fingerprint density at radius 3 is 2.48 bits per heavy atom. The molecule has 0 aliphatic carbocycles. The number of amides is 1. The number of halogens is 1. The third-order valence-corrected chi connectivity index (χ3v) is 3.76. The van der Waals surface area contributed by atoms with Gasteiger partial charge in [-0.2, -0.15) is 0 Å². The van der Waals surface area contributed by atoms with Gasteiger partial charge in [0.1, 0.15) is 0 Å².